The first-order valence-corrected chi connectivity index (χ1v) is 9.80. The van der Waals surface area contributed by atoms with Gasteiger partial charge in [0.25, 0.3) is 5.91 Å². The third-order valence-electron chi connectivity index (χ3n) is 4.38. The number of aryl methyl sites for hydroxylation is 1. The van der Waals surface area contributed by atoms with Gasteiger partial charge < -0.3 is 9.64 Å². The molecule has 3 rings (SSSR count). The Kier molecular flexibility index (Phi) is 5.69. The summed E-state index contributed by atoms with van der Waals surface area (Å²) < 4.78 is 5.95. The molecule has 1 aliphatic heterocycles. The number of benzene rings is 2. The normalized spacial score (nSPS) is 14.2. The van der Waals surface area contributed by atoms with E-state index in [1.165, 1.54) is 4.90 Å². The number of hydrogen-bond donors (Lipinski definition) is 0. The zero-order chi connectivity index (χ0) is 17.8. The number of thioether (sulfide) groups is 1. The summed E-state index contributed by atoms with van der Waals surface area (Å²) in [5.41, 5.74) is 3.29. The largest absolute Gasteiger partial charge is 0.483 e. The first kappa shape index (κ1) is 17.9. The van der Waals surface area contributed by atoms with Crippen LogP contribution in [0.15, 0.2) is 47.4 Å². The van der Waals surface area contributed by atoms with Crippen molar-refractivity contribution in [1.82, 2.24) is 0 Å². The van der Waals surface area contributed by atoms with E-state index in [1.54, 1.807) is 0 Å². The molecular weight excluding hydrogens is 330 g/mol. The molecule has 0 saturated heterocycles. The van der Waals surface area contributed by atoms with Crippen LogP contribution < -0.4 is 9.64 Å². The molecule has 0 aromatic heterocycles. The number of amides is 1. The Hall–Kier alpha value is -1.94. The summed E-state index contributed by atoms with van der Waals surface area (Å²) in [6.45, 7) is 7.14. The van der Waals surface area contributed by atoms with Crippen LogP contribution in [0.5, 0.6) is 5.75 Å². The molecule has 0 fully saturated rings. The second kappa shape index (κ2) is 7.96. The number of rotatable bonds is 4. The molecule has 4 heteroatoms. The Morgan fingerprint density at radius 3 is 2.84 bits per heavy atom. The van der Waals surface area contributed by atoms with Crippen molar-refractivity contribution in [1.29, 1.82) is 0 Å². The Bertz CT molecular complexity index is 757. The average Bonchev–Trinajstić information content (AvgIpc) is 2.82. The van der Waals surface area contributed by atoms with Crippen LogP contribution >= 0.6 is 11.8 Å². The fraction of sp³-hybridized carbons (Fsp3) is 0.381. The maximum atomic E-state index is 12.8. The molecule has 0 spiro atoms. The van der Waals surface area contributed by atoms with Crippen molar-refractivity contribution in [3.05, 3.63) is 53.6 Å². The van der Waals surface area contributed by atoms with E-state index in [2.05, 4.69) is 32.0 Å². The second-order valence-electron chi connectivity index (χ2n) is 6.70. The summed E-state index contributed by atoms with van der Waals surface area (Å²) in [4.78, 5) is 15.9. The van der Waals surface area contributed by atoms with Crippen LogP contribution in [-0.4, -0.2) is 24.8 Å². The van der Waals surface area contributed by atoms with E-state index in [0.29, 0.717) is 5.92 Å². The lowest BCUT2D eigenvalue weighted by Gasteiger charge is -2.23. The summed E-state index contributed by atoms with van der Waals surface area (Å²) in [7, 11) is 0. The molecule has 0 radical (unpaired) electrons. The van der Waals surface area contributed by atoms with Gasteiger partial charge in [0.2, 0.25) is 0 Å². The number of hydrogen-bond acceptors (Lipinski definition) is 3. The average molecular weight is 356 g/mol. The standard InChI is InChI=1S/C21H25NO2S/c1-15(2)17-10-9-16(3)13-19(17)24-14-21(23)22-11-6-12-25-20-8-5-4-7-18(20)22/h4-5,7-10,13,15H,6,11-12,14H2,1-3H3. The lowest BCUT2D eigenvalue weighted by Crippen LogP contribution is -2.35. The number of ether oxygens (including phenoxy) is 1. The van der Waals surface area contributed by atoms with Gasteiger partial charge in [-0.05, 0) is 54.3 Å². The van der Waals surface area contributed by atoms with Crippen molar-refractivity contribution in [3.63, 3.8) is 0 Å². The molecule has 0 bridgehead atoms. The third-order valence-corrected chi connectivity index (χ3v) is 5.53. The molecule has 1 heterocycles. The van der Waals surface area contributed by atoms with Gasteiger partial charge in [-0.1, -0.05) is 38.1 Å². The molecule has 2 aromatic carbocycles. The van der Waals surface area contributed by atoms with Gasteiger partial charge in [-0.25, -0.2) is 0 Å². The maximum Gasteiger partial charge on any atom is 0.264 e. The highest BCUT2D eigenvalue weighted by atomic mass is 32.2. The Morgan fingerprint density at radius 1 is 1.24 bits per heavy atom. The Balaban J connectivity index is 1.76. The Morgan fingerprint density at radius 2 is 2.04 bits per heavy atom. The first-order chi connectivity index (χ1) is 12.1. The molecule has 0 unspecified atom stereocenters. The van der Waals surface area contributed by atoms with Gasteiger partial charge in [0.15, 0.2) is 6.61 Å². The second-order valence-corrected chi connectivity index (χ2v) is 7.84. The number of carbonyl (C=O) groups is 1. The molecule has 0 aliphatic carbocycles. The summed E-state index contributed by atoms with van der Waals surface area (Å²) in [5.74, 6) is 2.24. The minimum absolute atomic E-state index is 0.0196. The van der Waals surface area contributed by atoms with E-state index >= 15 is 0 Å². The molecule has 2 aromatic rings. The number of fused-ring (bicyclic) bond motifs is 1. The van der Waals surface area contributed by atoms with Crippen LogP contribution in [0.25, 0.3) is 0 Å². The molecule has 25 heavy (non-hydrogen) atoms. The van der Waals surface area contributed by atoms with Crippen LogP contribution in [0.3, 0.4) is 0 Å². The lowest BCUT2D eigenvalue weighted by atomic mass is 10.0. The Labute approximate surface area is 154 Å². The number of carbonyl (C=O) groups excluding carboxylic acids is 1. The molecule has 0 saturated carbocycles. The lowest BCUT2D eigenvalue weighted by molar-refractivity contribution is -0.120. The predicted octanol–water partition coefficient (Wildman–Crippen LogP) is 5.03. The number of anilines is 1. The van der Waals surface area contributed by atoms with E-state index < -0.39 is 0 Å². The number of para-hydroxylation sites is 1. The van der Waals surface area contributed by atoms with Gasteiger partial charge in [-0.2, -0.15) is 0 Å². The fourth-order valence-electron chi connectivity index (χ4n) is 3.05. The molecule has 1 amide bonds. The van der Waals surface area contributed by atoms with Crippen molar-refractivity contribution in [2.24, 2.45) is 0 Å². The van der Waals surface area contributed by atoms with Gasteiger partial charge in [0.1, 0.15) is 5.75 Å². The monoisotopic (exact) mass is 355 g/mol. The van der Waals surface area contributed by atoms with Crippen LogP contribution in [0.1, 0.15) is 37.3 Å². The van der Waals surface area contributed by atoms with Crippen molar-refractivity contribution >= 4 is 23.4 Å². The van der Waals surface area contributed by atoms with Crippen LogP contribution in [0.2, 0.25) is 0 Å². The van der Waals surface area contributed by atoms with Gasteiger partial charge in [-0.3, -0.25) is 4.79 Å². The van der Waals surface area contributed by atoms with Gasteiger partial charge >= 0.3 is 0 Å². The predicted molar refractivity (Wildman–Crippen MR) is 105 cm³/mol. The highest BCUT2D eigenvalue weighted by molar-refractivity contribution is 7.99. The smallest absolute Gasteiger partial charge is 0.264 e. The quantitative estimate of drug-likeness (QED) is 0.771. The van der Waals surface area contributed by atoms with Gasteiger partial charge in [0.05, 0.1) is 5.69 Å². The summed E-state index contributed by atoms with van der Waals surface area (Å²) in [6.07, 6.45) is 0.993. The number of nitrogens with zero attached hydrogens (tertiary/aromatic N) is 1. The van der Waals surface area contributed by atoms with E-state index in [9.17, 15) is 4.79 Å². The summed E-state index contributed by atoms with van der Waals surface area (Å²) in [5, 5.41) is 0. The summed E-state index contributed by atoms with van der Waals surface area (Å²) in [6, 6.07) is 14.3. The van der Waals surface area contributed by atoms with Crippen molar-refractivity contribution in [3.8, 4) is 5.75 Å². The molecule has 132 valence electrons. The topological polar surface area (TPSA) is 29.5 Å². The zero-order valence-electron chi connectivity index (χ0n) is 15.1. The SMILES string of the molecule is Cc1ccc(C(C)C)c(OCC(=O)N2CCCSc3ccccc32)c1. The molecule has 0 N–H and O–H groups in total. The minimum atomic E-state index is 0.0196. The highest BCUT2D eigenvalue weighted by Gasteiger charge is 2.22. The molecule has 3 nitrogen and oxygen atoms in total. The zero-order valence-corrected chi connectivity index (χ0v) is 15.9. The van der Waals surface area contributed by atoms with E-state index in [1.807, 2.05) is 47.9 Å². The van der Waals surface area contributed by atoms with E-state index in [4.69, 9.17) is 4.74 Å². The van der Waals surface area contributed by atoms with Crippen molar-refractivity contribution in [2.45, 2.75) is 38.0 Å². The molecule has 1 aliphatic rings. The van der Waals surface area contributed by atoms with E-state index in [0.717, 1.165) is 41.3 Å². The third kappa shape index (κ3) is 4.18. The first-order valence-electron chi connectivity index (χ1n) is 8.82. The van der Waals surface area contributed by atoms with Crippen LogP contribution in [0, 0.1) is 6.92 Å². The minimum Gasteiger partial charge on any atom is -0.483 e. The molecular formula is C21H25NO2S. The van der Waals surface area contributed by atoms with Crippen molar-refractivity contribution < 1.29 is 9.53 Å². The van der Waals surface area contributed by atoms with Crippen molar-refractivity contribution in [2.75, 3.05) is 23.8 Å². The van der Waals surface area contributed by atoms with Gasteiger partial charge in [0, 0.05) is 11.4 Å². The molecule has 0 atom stereocenters. The summed E-state index contributed by atoms with van der Waals surface area (Å²) >= 11 is 1.82. The maximum absolute atomic E-state index is 12.8. The van der Waals surface area contributed by atoms with Crippen LogP contribution in [0.4, 0.5) is 5.69 Å². The van der Waals surface area contributed by atoms with E-state index in [-0.39, 0.29) is 12.5 Å². The van der Waals surface area contributed by atoms with Gasteiger partial charge in [-0.15, -0.1) is 11.8 Å². The highest BCUT2D eigenvalue weighted by Crippen LogP contribution is 2.34. The van der Waals surface area contributed by atoms with Crippen LogP contribution in [-0.2, 0) is 4.79 Å². The fourth-order valence-corrected chi connectivity index (χ4v) is 4.04.